The molecule has 0 aliphatic carbocycles. The van der Waals surface area contributed by atoms with Crippen LogP contribution in [0.15, 0.2) is 35.7 Å². The van der Waals surface area contributed by atoms with Gasteiger partial charge in [-0.1, -0.05) is 12.1 Å². The lowest BCUT2D eigenvalue weighted by molar-refractivity contribution is 0.134. The van der Waals surface area contributed by atoms with Crippen molar-refractivity contribution in [3.05, 3.63) is 36.2 Å². The van der Waals surface area contributed by atoms with Crippen LogP contribution in [0, 0.1) is 0 Å². The van der Waals surface area contributed by atoms with Gasteiger partial charge >= 0.3 is 0 Å². The molecule has 0 fully saturated rings. The molecule has 3 heteroatoms. The third kappa shape index (κ3) is 1.94. The van der Waals surface area contributed by atoms with Crippen molar-refractivity contribution in [2.75, 3.05) is 0 Å². The zero-order chi connectivity index (χ0) is 11.8. The van der Waals surface area contributed by atoms with E-state index in [2.05, 4.69) is 32.1 Å². The molecule has 1 aromatic carbocycles. The van der Waals surface area contributed by atoms with Gasteiger partial charge in [0.2, 0.25) is 5.88 Å². The molecule has 84 valence electrons. The lowest BCUT2D eigenvalue weighted by atomic mass is 10.0. The van der Waals surface area contributed by atoms with Gasteiger partial charge in [-0.25, -0.2) is 4.99 Å². The van der Waals surface area contributed by atoms with Crippen LogP contribution in [0.3, 0.4) is 0 Å². The van der Waals surface area contributed by atoms with Crippen molar-refractivity contribution < 1.29 is 9.47 Å². The van der Waals surface area contributed by atoms with Crippen LogP contribution >= 0.6 is 0 Å². The van der Waals surface area contributed by atoms with E-state index in [0.29, 0.717) is 5.75 Å². The summed E-state index contributed by atoms with van der Waals surface area (Å²) in [7, 11) is 0. The minimum absolute atomic E-state index is 0.176. The zero-order valence-corrected chi connectivity index (χ0v) is 9.62. The van der Waals surface area contributed by atoms with Crippen LogP contribution in [0.2, 0.25) is 0 Å². The Morgan fingerprint density at radius 1 is 1.50 bits per heavy atom. The molecule has 1 heterocycles. The molecule has 3 nitrogen and oxygen atoms in total. The van der Waals surface area contributed by atoms with Crippen molar-refractivity contribution in [2.24, 2.45) is 4.99 Å². The predicted molar refractivity (Wildman–Crippen MR) is 64.2 cm³/mol. The van der Waals surface area contributed by atoms with Gasteiger partial charge in [0.25, 0.3) is 0 Å². The molecule has 0 radical (unpaired) electrons. The van der Waals surface area contributed by atoms with E-state index < -0.39 is 0 Å². The number of hydrogen-bond donors (Lipinski definition) is 0. The molecule has 0 saturated carbocycles. The molecule has 0 atom stereocenters. The van der Waals surface area contributed by atoms with Crippen LogP contribution in [-0.2, 0) is 6.42 Å². The lowest BCUT2D eigenvalue weighted by Gasteiger charge is -2.18. The van der Waals surface area contributed by atoms with E-state index in [0.717, 1.165) is 17.7 Å². The molecule has 0 N–H and O–H groups in total. The minimum Gasteiger partial charge on any atom is -0.483 e. The van der Waals surface area contributed by atoms with E-state index in [1.54, 1.807) is 0 Å². The summed E-state index contributed by atoms with van der Waals surface area (Å²) in [5, 5.41) is 0. The third-order valence-corrected chi connectivity index (χ3v) is 2.46. The van der Waals surface area contributed by atoms with Gasteiger partial charge < -0.3 is 9.47 Å². The smallest absolute Gasteiger partial charge is 0.211 e. The van der Waals surface area contributed by atoms with Gasteiger partial charge in [0.1, 0.15) is 5.60 Å². The summed E-state index contributed by atoms with van der Waals surface area (Å²) < 4.78 is 11.3. The van der Waals surface area contributed by atoms with Gasteiger partial charge in [-0.2, -0.15) is 0 Å². The second kappa shape index (κ2) is 3.67. The fourth-order valence-electron chi connectivity index (χ4n) is 1.83. The van der Waals surface area contributed by atoms with E-state index >= 15 is 0 Å². The maximum absolute atomic E-state index is 5.84. The molecule has 0 saturated heterocycles. The Kier molecular flexibility index (Phi) is 2.46. The Morgan fingerprint density at radius 2 is 2.25 bits per heavy atom. The molecular weight excluding hydrogens is 202 g/mol. The number of fused-ring (bicyclic) bond motifs is 1. The average molecular weight is 217 g/mol. The van der Waals surface area contributed by atoms with E-state index in [-0.39, 0.29) is 11.5 Å². The number of aliphatic imine (C=N–C) groups is 1. The van der Waals surface area contributed by atoms with Crippen LogP contribution in [0.25, 0.3) is 0 Å². The van der Waals surface area contributed by atoms with Crippen molar-refractivity contribution in [1.29, 1.82) is 0 Å². The van der Waals surface area contributed by atoms with Crippen LogP contribution in [0.5, 0.6) is 11.5 Å². The van der Waals surface area contributed by atoms with Crippen molar-refractivity contribution >= 4 is 6.72 Å². The number of rotatable bonds is 3. The highest BCUT2D eigenvalue weighted by Crippen LogP contribution is 2.42. The normalized spacial score (nSPS) is 16.1. The van der Waals surface area contributed by atoms with Crippen molar-refractivity contribution in [2.45, 2.75) is 25.9 Å². The molecule has 16 heavy (non-hydrogen) atoms. The van der Waals surface area contributed by atoms with Crippen molar-refractivity contribution in [1.82, 2.24) is 0 Å². The van der Waals surface area contributed by atoms with Gasteiger partial charge in [0.05, 0.1) is 0 Å². The van der Waals surface area contributed by atoms with Crippen LogP contribution < -0.4 is 9.47 Å². The van der Waals surface area contributed by atoms with Crippen molar-refractivity contribution in [3.63, 3.8) is 0 Å². The molecule has 2 rings (SSSR count). The first kappa shape index (κ1) is 10.7. The Labute approximate surface area is 95.4 Å². The highest BCUT2D eigenvalue weighted by atomic mass is 16.5. The Morgan fingerprint density at radius 3 is 2.94 bits per heavy atom. The van der Waals surface area contributed by atoms with Crippen LogP contribution in [0.1, 0.15) is 19.4 Å². The molecule has 1 aliphatic heterocycles. The van der Waals surface area contributed by atoms with E-state index in [1.807, 2.05) is 18.2 Å². The number of ether oxygens (including phenoxy) is 2. The fraction of sp³-hybridized carbons (Fsp3) is 0.308. The molecule has 0 bridgehead atoms. The molecular formula is C13H15NO2. The number of hydrogen-bond acceptors (Lipinski definition) is 3. The lowest BCUT2D eigenvalue weighted by Crippen LogP contribution is -2.24. The average Bonchev–Trinajstić information content (AvgIpc) is 2.53. The summed E-state index contributed by atoms with van der Waals surface area (Å²) in [4.78, 5) is 3.62. The second-order valence-electron chi connectivity index (χ2n) is 4.44. The highest BCUT2D eigenvalue weighted by molar-refractivity contribution is 5.50. The quantitative estimate of drug-likeness (QED) is 0.575. The zero-order valence-electron chi connectivity index (χ0n) is 9.62. The summed E-state index contributed by atoms with van der Waals surface area (Å²) in [5.41, 5.74) is 0.976. The number of nitrogens with zero attached hydrogens (tertiary/aromatic N) is 1. The van der Waals surface area contributed by atoms with Gasteiger partial charge in [0.15, 0.2) is 11.5 Å². The topological polar surface area (TPSA) is 30.8 Å². The van der Waals surface area contributed by atoms with E-state index in [4.69, 9.17) is 9.47 Å². The fourth-order valence-corrected chi connectivity index (χ4v) is 1.83. The summed E-state index contributed by atoms with van der Waals surface area (Å²) in [6.45, 7) is 11.1. The first-order chi connectivity index (χ1) is 7.52. The monoisotopic (exact) mass is 217 g/mol. The van der Waals surface area contributed by atoms with Crippen LogP contribution in [-0.4, -0.2) is 12.3 Å². The van der Waals surface area contributed by atoms with Gasteiger partial charge in [-0.3, -0.25) is 0 Å². The van der Waals surface area contributed by atoms with Crippen LogP contribution in [0.4, 0.5) is 0 Å². The van der Waals surface area contributed by atoms with Gasteiger partial charge in [-0.05, 0) is 33.2 Å². The van der Waals surface area contributed by atoms with E-state index in [1.165, 1.54) is 0 Å². The molecule has 0 spiro atoms. The maximum atomic E-state index is 5.84. The molecule has 0 unspecified atom stereocenters. The molecule has 0 aromatic heterocycles. The second-order valence-corrected chi connectivity index (χ2v) is 4.44. The Balaban J connectivity index is 2.33. The SMILES string of the molecule is C=NC(=C)Oc1cccc2c1OC(C)(C)C2. The molecule has 1 aromatic rings. The van der Waals surface area contributed by atoms with Crippen molar-refractivity contribution in [3.8, 4) is 11.5 Å². The molecule has 1 aliphatic rings. The largest absolute Gasteiger partial charge is 0.483 e. The first-order valence-corrected chi connectivity index (χ1v) is 5.16. The minimum atomic E-state index is -0.176. The Bertz CT molecular complexity index is 449. The number of para-hydroxylation sites is 1. The van der Waals surface area contributed by atoms with E-state index in [9.17, 15) is 0 Å². The molecule has 0 amide bonds. The van der Waals surface area contributed by atoms with Gasteiger partial charge in [-0.15, -0.1) is 0 Å². The van der Waals surface area contributed by atoms with Gasteiger partial charge in [0, 0.05) is 12.0 Å². The number of benzene rings is 1. The summed E-state index contributed by atoms with van der Waals surface area (Å²) >= 11 is 0. The Hall–Kier alpha value is -1.77. The highest BCUT2D eigenvalue weighted by Gasteiger charge is 2.32. The maximum Gasteiger partial charge on any atom is 0.211 e. The third-order valence-electron chi connectivity index (χ3n) is 2.46. The predicted octanol–water partition coefficient (Wildman–Crippen LogP) is 2.95. The standard InChI is InChI=1S/C13H15NO2/c1-9(14-4)15-11-7-5-6-10-8-13(2,3)16-12(10)11/h5-7H,1,4,8H2,2-3H3. The summed E-state index contributed by atoms with van der Waals surface area (Å²) in [5.74, 6) is 1.72. The first-order valence-electron chi connectivity index (χ1n) is 5.16. The summed E-state index contributed by atoms with van der Waals surface area (Å²) in [6.07, 6.45) is 0.882. The summed E-state index contributed by atoms with van der Waals surface area (Å²) in [6, 6.07) is 5.83.